The normalized spacial score (nSPS) is 13.1. The Kier molecular flexibility index (Phi) is 5.20. The summed E-state index contributed by atoms with van der Waals surface area (Å²) in [6, 6.07) is 12.6. The third-order valence-corrected chi connectivity index (χ3v) is 5.99. The maximum absolute atomic E-state index is 12.0. The second-order valence-electron chi connectivity index (χ2n) is 4.15. The Labute approximate surface area is 131 Å². The van der Waals surface area contributed by atoms with Gasteiger partial charge in [-0.2, -0.15) is 0 Å². The number of para-hydroxylation sites is 1. The molecule has 1 aromatic carbocycles. The fourth-order valence-electron chi connectivity index (χ4n) is 1.51. The van der Waals surface area contributed by atoms with E-state index in [4.69, 9.17) is 4.74 Å². The molecule has 0 saturated heterocycles. The lowest BCUT2D eigenvalue weighted by Gasteiger charge is -2.15. The van der Waals surface area contributed by atoms with Crippen LogP contribution in [0.15, 0.2) is 50.5 Å². The topological polar surface area (TPSA) is 55.4 Å². The molecule has 2 aromatic rings. The van der Waals surface area contributed by atoms with Gasteiger partial charge in [-0.3, -0.25) is 0 Å². The second-order valence-corrected chi connectivity index (χ2v) is 8.61. The summed E-state index contributed by atoms with van der Waals surface area (Å²) in [7, 11) is -3.47. The molecule has 1 heterocycles. The number of hydrogen-bond acceptors (Lipinski definition) is 4. The SMILES string of the molecule is CC(CNS(=O)(=O)c1ccc(Br)s1)Oc1ccccc1. The van der Waals surface area contributed by atoms with Crippen molar-refractivity contribution in [2.45, 2.75) is 17.2 Å². The average Bonchev–Trinajstić information content (AvgIpc) is 2.85. The number of thiophene rings is 1. The molecule has 0 bridgehead atoms. The molecule has 1 unspecified atom stereocenters. The van der Waals surface area contributed by atoms with Gasteiger partial charge in [0.1, 0.15) is 16.1 Å². The molecule has 0 radical (unpaired) electrons. The van der Waals surface area contributed by atoms with Crippen LogP contribution in [0.4, 0.5) is 0 Å². The molecule has 0 saturated carbocycles. The molecular formula is C13H14BrNO3S2. The van der Waals surface area contributed by atoms with E-state index in [1.54, 1.807) is 12.1 Å². The zero-order valence-electron chi connectivity index (χ0n) is 10.7. The van der Waals surface area contributed by atoms with Gasteiger partial charge >= 0.3 is 0 Å². The van der Waals surface area contributed by atoms with Gasteiger partial charge in [-0.15, -0.1) is 11.3 Å². The van der Waals surface area contributed by atoms with Crippen LogP contribution in [0.3, 0.4) is 0 Å². The van der Waals surface area contributed by atoms with Crippen LogP contribution in [-0.4, -0.2) is 21.1 Å². The van der Waals surface area contributed by atoms with Gasteiger partial charge < -0.3 is 4.74 Å². The first-order chi connectivity index (χ1) is 9.47. The minimum Gasteiger partial charge on any atom is -0.489 e. The summed E-state index contributed by atoms with van der Waals surface area (Å²) in [5.74, 6) is 0.720. The predicted octanol–water partition coefficient (Wildman–Crippen LogP) is 3.26. The van der Waals surface area contributed by atoms with Gasteiger partial charge in [0.15, 0.2) is 0 Å². The molecule has 0 aliphatic rings. The van der Waals surface area contributed by atoms with E-state index in [-0.39, 0.29) is 16.9 Å². The van der Waals surface area contributed by atoms with Crippen molar-refractivity contribution in [3.63, 3.8) is 0 Å². The molecule has 1 aromatic heterocycles. The van der Waals surface area contributed by atoms with Gasteiger partial charge in [0, 0.05) is 6.54 Å². The number of hydrogen-bond donors (Lipinski definition) is 1. The maximum Gasteiger partial charge on any atom is 0.250 e. The van der Waals surface area contributed by atoms with E-state index in [0.717, 1.165) is 9.54 Å². The first-order valence-electron chi connectivity index (χ1n) is 5.94. The van der Waals surface area contributed by atoms with Gasteiger partial charge in [-0.25, -0.2) is 13.1 Å². The molecule has 4 nitrogen and oxygen atoms in total. The van der Waals surface area contributed by atoms with E-state index < -0.39 is 10.0 Å². The van der Waals surface area contributed by atoms with E-state index >= 15 is 0 Å². The van der Waals surface area contributed by atoms with Crippen molar-refractivity contribution in [3.05, 3.63) is 46.3 Å². The van der Waals surface area contributed by atoms with E-state index in [9.17, 15) is 8.42 Å². The molecule has 0 aliphatic carbocycles. The Hall–Kier alpha value is -0.890. The smallest absolute Gasteiger partial charge is 0.250 e. The van der Waals surface area contributed by atoms with Gasteiger partial charge in [-0.1, -0.05) is 18.2 Å². The molecule has 1 N–H and O–H groups in total. The summed E-state index contributed by atoms with van der Waals surface area (Å²) in [4.78, 5) is 0. The zero-order chi connectivity index (χ0) is 14.6. The maximum atomic E-state index is 12.0. The Balaban J connectivity index is 1.91. The van der Waals surface area contributed by atoms with Crippen LogP contribution in [-0.2, 0) is 10.0 Å². The number of benzene rings is 1. The molecule has 108 valence electrons. The lowest BCUT2D eigenvalue weighted by Crippen LogP contribution is -2.33. The number of halogens is 1. The highest BCUT2D eigenvalue weighted by atomic mass is 79.9. The highest BCUT2D eigenvalue weighted by Crippen LogP contribution is 2.25. The van der Waals surface area contributed by atoms with Crippen molar-refractivity contribution in [1.29, 1.82) is 0 Å². The number of sulfonamides is 1. The minimum absolute atomic E-state index is 0.215. The van der Waals surface area contributed by atoms with E-state index in [1.807, 2.05) is 37.3 Å². The van der Waals surface area contributed by atoms with Crippen molar-refractivity contribution in [2.24, 2.45) is 0 Å². The van der Waals surface area contributed by atoms with Crippen LogP contribution in [0.5, 0.6) is 5.75 Å². The van der Waals surface area contributed by atoms with Gasteiger partial charge in [0.05, 0.1) is 3.79 Å². The first-order valence-corrected chi connectivity index (χ1v) is 9.03. The third-order valence-electron chi connectivity index (χ3n) is 2.45. The summed E-state index contributed by atoms with van der Waals surface area (Å²) in [5.41, 5.74) is 0. The van der Waals surface area contributed by atoms with Gasteiger partial charge in [-0.05, 0) is 47.1 Å². The Morgan fingerprint density at radius 2 is 1.95 bits per heavy atom. The van der Waals surface area contributed by atoms with Gasteiger partial charge in [0.25, 0.3) is 0 Å². The number of ether oxygens (including phenoxy) is 1. The van der Waals surface area contributed by atoms with Crippen molar-refractivity contribution >= 4 is 37.3 Å². The highest BCUT2D eigenvalue weighted by molar-refractivity contribution is 9.11. The van der Waals surface area contributed by atoms with Crippen LogP contribution in [0.1, 0.15) is 6.92 Å². The van der Waals surface area contributed by atoms with Gasteiger partial charge in [0.2, 0.25) is 10.0 Å². The summed E-state index contributed by atoms with van der Waals surface area (Å²) >= 11 is 4.43. The number of rotatable bonds is 6. The average molecular weight is 376 g/mol. The van der Waals surface area contributed by atoms with E-state index in [0.29, 0.717) is 0 Å². The highest BCUT2D eigenvalue weighted by Gasteiger charge is 2.17. The standard InChI is InChI=1S/C13H14BrNO3S2/c1-10(18-11-5-3-2-4-6-11)9-15-20(16,17)13-8-7-12(14)19-13/h2-8,10,15H,9H2,1H3. The monoisotopic (exact) mass is 375 g/mol. The first kappa shape index (κ1) is 15.5. The summed E-state index contributed by atoms with van der Waals surface area (Å²) in [5, 5.41) is 0. The van der Waals surface area contributed by atoms with Crippen LogP contribution in [0, 0.1) is 0 Å². The van der Waals surface area contributed by atoms with E-state index in [2.05, 4.69) is 20.7 Å². The summed E-state index contributed by atoms with van der Waals surface area (Å²) in [6.07, 6.45) is -0.254. The quantitative estimate of drug-likeness (QED) is 0.842. The molecule has 0 spiro atoms. The van der Waals surface area contributed by atoms with Crippen LogP contribution in [0.25, 0.3) is 0 Å². The fraction of sp³-hybridized carbons (Fsp3) is 0.231. The Morgan fingerprint density at radius 3 is 2.55 bits per heavy atom. The molecule has 1 atom stereocenters. The van der Waals surface area contributed by atoms with Crippen molar-refractivity contribution in [2.75, 3.05) is 6.54 Å². The number of nitrogens with one attached hydrogen (secondary N) is 1. The molecule has 2 rings (SSSR count). The van der Waals surface area contributed by atoms with E-state index in [1.165, 1.54) is 11.3 Å². The largest absolute Gasteiger partial charge is 0.489 e. The molecular weight excluding hydrogens is 362 g/mol. The Bertz CT molecular complexity index is 655. The lowest BCUT2D eigenvalue weighted by molar-refractivity contribution is 0.225. The summed E-state index contributed by atoms with van der Waals surface area (Å²) in [6.45, 7) is 2.03. The summed E-state index contributed by atoms with van der Waals surface area (Å²) < 4.78 is 33.3. The second kappa shape index (κ2) is 6.71. The van der Waals surface area contributed by atoms with Crippen molar-refractivity contribution in [1.82, 2.24) is 4.72 Å². The third kappa shape index (κ3) is 4.31. The molecule has 0 aliphatic heterocycles. The minimum atomic E-state index is -3.47. The molecule has 0 amide bonds. The Morgan fingerprint density at radius 1 is 1.25 bits per heavy atom. The predicted molar refractivity (Wildman–Crippen MR) is 83.7 cm³/mol. The molecule has 0 fully saturated rings. The lowest BCUT2D eigenvalue weighted by atomic mass is 10.3. The van der Waals surface area contributed by atoms with Crippen LogP contribution >= 0.6 is 27.3 Å². The van der Waals surface area contributed by atoms with Crippen molar-refractivity contribution in [3.8, 4) is 5.75 Å². The fourth-order valence-corrected chi connectivity index (χ4v) is 4.68. The van der Waals surface area contributed by atoms with Crippen molar-refractivity contribution < 1.29 is 13.2 Å². The van der Waals surface area contributed by atoms with Crippen LogP contribution < -0.4 is 9.46 Å². The molecule has 7 heteroatoms. The molecule has 20 heavy (non-hydrogen) atoms. The zero-order valence-corrected chi connectivity index (χ0v) is 14.0. The van der Waals surface area contributed by atoms with Crippen LogP contribution in [0.2, 0.25) is 0 Å².